The van der Waals surface area contributed by atoms with Gasteiger partial charge >= 0.3 is 18.0 Å². The van der Waals surface area contributed by atoms with Crippen LogP contribution in [-0.2, 0) is 4.79 Å². The van der Waals surface area contributed by atoms with E-state index >= 15 is 0 Å². The molecule has 0 radical (unpaired) electrons. The standard InChI is InChI=1S/C30H28N6O5/c1-19-24(28(37)38)27(22-13-8-14-23-25(22)33-41-32-23)36(29(39)31-19)30(40)35-17-15-34(16-18-35)26(20-9-4-2-5-10-20)21-11-6-3-7-12-21/h2-14,24,26-27H,15-18H2,1H3,(H,37,38). The predicted molar refractivity (Wildman–Crippen MR) is 149 cm³/mol. The summed E-state index contributed by atoms with van der Waals surface area (Å²) in [5.74, 6) is -2.45. The number of aromatic nitrogens is 2. The van der Waals surface area contributed by atoms with Crippen molar-refractivity contribution in [2.24, 2.45) is 10.9 Å². The second kappa shape index (κ2) is 10.9. The van der Waals surface area contributed by atoms with Gasteiger partial charge in [0.05, 0.1) is 12.1 Å². The fraction of sp³-hybridized carbons (Fsp3) is 0.267. The van der Waals surface area contributed by atoms with Crippen molar-refractivity contribution in [2.75, 3.05) is 26.2 Å². The van der Waals surface area contributed by atoms with E-state index in [4.69, 9.17) is 4.63 Å². The Balaban J connectivity index is 1.30. The van der Waals surface area contributed by atoms with E-state index in [1.165, 1.54) is 6.92 Å². The Labute approximate surface area is 235 Å². The molecule has 1 aromatic heterocycles. The smallest absolute Gasteiger partial charge is 0.352 e. The molecule has 2 unspecified atom stereocenters. The topological polar surface area (TPSA) is 132 Å². The number of hydrogen-bond acceptors (Lipinski definition) is 7. The molecule has 0 bridgehead atoms. The zero-order valence-electron chi connectivity index (χ0n) is 22.3. The molecule has 4 aromatic rings. The second-order valence-electron chi connectivity index (χ2n) is 10.2. The number of carbonyl (C=O) groups excluding carboxylic acids is 2. The molecule has 2 aliphatic rings. The molecule has 11 nitrogen and oxygen atoms in total. The molecule has 1 N–H and O–H groups in total. The highest BCUT2D eigenvalue weighted by Crippen LogP contribution is 2.38. The van der Waals surface area contributed by atoms with Crippen molar-refractivity contribution in [2.45, 2.75) is 19.0 Å². The van der Waals surface area contributed by atoms with Crippen LogP contribution >= 0.6 is 0 Å². The Morgan fingerprint density at radius 3 is 2.12 bits per heavy atom. The zero-order valence-corrected chi connectivity index (χ0v) is 22.3. The van der Waals surface area contributed by atoms with E-state index < -0.39 is 30.0 Å². The van der Waals surface area contributed by atoms with Crippen molar-refractivity contribution in [3.8, 4) is 0 Å². The molecule has 0 spiro atoms. The van der Waals surface area contributed by atoms with Gasteiger partial charge in [-0.1, -0.05) is 72.8 Å². The number of carboxylic acid groups (broad SMARTS) is 1. The summed E-state index contributed by atoms with van der Waals surface area (Å²) < 4.78 is 4.88. The summed E-state index contributed by atoms with van der Waals surface area (Å²) >= 11 is 0. The first-order valence-corrected chi connectivity index (χ1v) is 13.4. The molecule has 0 aliphatic carbocycles. The number of nitrogens with zero attached hydrogens (tertiary/aromatic N) is 6. The number of imide groups is 1. The number of carboxylic acids is 1. The van der Waals surface area contributed by atoms with E-state index in [1.54, 1.807) is 23.1 Å². The number of urea groups is 2. The molecule has 3 aromatic carbocycles. The van der Waals surface area contributed by atoms with Gasteiger partial charge in [0, 0.05) is 37.5 Å². The Kier molecular flexibility index (Phi) is 7.02. The van der Waals surface area contributed by atoms with E-state index in [-0.39, 0.29) is 11.8 Å². The van der Waals surface area contributed by atoms with Crippen LogP contribution in [-0.4, -0.2) is 80.0 Å². The molecule has 2 atom stereocenters. The van der Waals surface area contributed by atoms with Gasteiger partial charge in [-0.15, -0.1) is 0 Å². The lowest BCUT2D eigenvalue weighted by Crippen LogP contribution is -2.57. The first kappa shape index (κ1) is 26.3. The maximum absolute atomic E-state index is 14.0. The minimum absolute atomic E-state index is 0.0000672. The number of hydrogen-bond donors (Lipinski definition) is 1. The summed E-state index contributed by atoms with van der Waals surface area (Å²) in [6.45, 7) is 3.29. The van der Waals surface area contributed by atoms with Gasteiger partial charge in [-0.25, -0.2) is 24.1 Å². The van der Waals surface area contributed by atoms with Crippen LogP contribution in [0.15, 0.2) is 88.5 Å². The number of aliphatic imine (C=N–C) groups is 1. The largest absolute Gasteiger partial charge is 0.481 e. The van der Waals surface area contributed by atoms with Gasteiger partial charge in [0.1, 0.15) is 17.0 Å². The van der Waals surface area contributed by atoms with Crippen LogP contribution in [0.1, 0.15) is 35.7 Å². The molecule has 1 saturated heterocycles. The monoisotopic (exact) mass is 552 g/mol. The van der Waals surface area contributed by atoms with Crippen molar-refractivity contribution >= 4 is 34.8 Å². The van der Waals surface area contributed by atoms with Gasteiger partial charge in [0.2, 0.25) is 0 Å². The Hall–Kier alpha value is -4.90. The summed E-state index contributed by atoms with van der Waals surface area (Å²) in [5, 5.41) is 18.0. The molecule has 0 saturated carbocycles. The lowest BCUT2D eigenvalue weighted by Gasteiger charge is -2.43. The average Bonchev–Trinajstić information content (AvgIpc) is 3.47. The van der Waals surface area contributed by atoms with E-state index in [0.717, 1.165) is 16.0 Å². The van der Waals surface area contributed by atoms with E-state index in [0.29, 0.717) is 42.8 Å². The first-order valence-electron chi connectivity index (χ1n) is 13.4. The van der Waals surface area contributed by atoms with Crippen LogP contribution in [0.4, 0.5) is 9.59 Å². The van der Waals surface area contributed by atoms with Crippen LogP contribution in [0.3, 0.4) is 0 Å². The van der Waals surface area contributed by atoms with Crippen molar-refractivity contribution in [3.05, 3.63) is 95.6 Å². The van der Waals surface area contributed by atoms with Crippen LogP contribution in [0.25, 0.3) is 11.0 Å². The molecule has 4 amide bonds. The molecule has 2 aliphatic heterocycles. The van der Waals surface area contributed by atoms with Crippen molar-refractivity contribution < 1.29 is 24.1 Å². The van der Waals surface area contributed by atoms with E-state index in [9.17, 15) is 19.5 Å². The van der Waals surface area contributed by atoms with Gasteiger partial charge in [-0.05, 0) is 34.4 Å². The van der Waals surface area contributed by atoms with Crippen LogP contribution in [0, 0.1) is 5.92 Å². The number of piperazine rings is 1. The van der Waals surface area contributed by atoms with Crippen molar-refractivity contribution in [1.29, 1.82) is 0 Å². The lowest BCUT2D eigenvalue weighted by molar-refractivity contribution is -0.140. The van der Waals surface area contributed by atoms with Gasteiger partial charge in [-0.3, -0.25) is 9.69 Å². The van der Waals surface area contributed by atoms with Gasteiger partial charge in [0.25, 0.3) is 0 Å². The van der Waals surface area contributed by atoms with E-state index in [2.05, 4.69) is 44.5 Å². The fourth-order valence-corrected chi connectivity index (χ4v) is 5.88. The number of carbonyl (C=O) groups is 3. The Bertz CT molecular complexity index is 1570. The molecule has 208 valence electrons. The molecule has 6 rings (SSSR count). The number of fused-ring (bicyclic) bond motifs is 1. The Morgan fingerprint density at radius 1 is 0.878 bits per heavy atom. The number of rotatable bonds is 5. The summed E-state index contributed by atoms with van der Waals surface area (Å²) in [6.07, 6.45) is 0. The molecular weight excluding hydrogens is 524 g/mol. The lowest BCUT2D eigenvalue weighted by atomic mass is 9.86. The van der Waals surface area contributed by atoms with Gasteiger partial charge in [0.15, 0.2) is 0 Å². The zero-order chi connectivity index (χ0) is 28.5. The maximum Gasteiger partial charge on any atom is 0.352 e. The van der Waals surface area contributed by atoms with Crippen molar-refractivity contribution in [1.82, 2.24) is 25.0 Å². The van der Waals surface area contributed by atoms with Gasteiger partial charge in [-0.2, -0.15) is 0 Å². The number of amides is 4. The highest BCUT2D eigenvalue weighted by atomic mass is 16.6. The van der Waals surface area contributed by atoms with Crippen LogP contribution in [0.2, 0.25) is 0 Å². The average molecular weight is 553 g/mol. The van der Waals surface area contributed by atoms with E-state index in [1.807, 2.05) is 36.4 Å². The molecule has 41 heavy (non-hydrogen) atoms. The Morgan fingerprint density at radius 2 is 1.51 bits per heavy atom. The summed E-state index contributed by atoms with van der Waals surface area (Å²) in [7, 11) is 0. The number of aliphatic carboxylic acids is 1. The highest BCUT2D eigenvalue weighted by molar-refractivity contribution is 6.11. The number of benzene rings is 3. The quantitative estimate of drug-likeness (QED) is 0.386. The summed E-state index contributed by atoms with van der Waals surface area (Å²) in [6, 6.07) is 22.8. The second-order valence-corrected chi connectivity index (χ2v) is 10.2. The third-order valence-electron chi connectivity index (χ3n) is 7.81. The fourth-order valence-electron chi connectivity index (χ4n) is 5.88. The molecular formula is C30H28N6O5. The summed E-state index contributed by atoms with van der Waals surface area (Å²) in [5.41, 5.74) is 3.46. The predicted octanol–water partition coefficient (Wildman–Crippen LogP) is 4.39. The SMILES string of the molecule is CC1=NC(=O)N(C(=O)N2CCN(C(c3ccccc3)c3ccccc3)CC2)C(c2cccc3nonc23)C1C(=O)O. The normalized spacial score (nSPS) is 20.0. The summed E-state index contributed by atoms with van der Waals surface area (Å²) in [4.78, 5) is 48.6. The van der Waals surface area contributed by atoms with Gasteiger partial charge < -0.3 is 10.0 Å². The third-order valence-corrected chi connectivity index (χ3v) is 7.81. The minimum Gasteiger partial charge on any atom is -0.481 e. The maximum atomic E-state index is 14.0. The van der Waals surface area contributed by atoms with Crippen LogP contribution in [0.5, 0.6) is 0 Å². The highest BCUT2D eigenvalue weighted by Gasteiger charge is 2.47. The molecule has 11 heteroatoms. The van der Waals surface area contributed by atoms with Crippen LogP contribution < -0.4 is 0 Å². The minimum atomic E-state index is -1.25. The third kappa shape index (κ3) is 4.84. The molecule has 1 fully saturated rings. The first-order chi connectivity index (χ1) is 19.9. The molecule has 3 heterocycles. The van der Waals surface area contributed by atoms with Crippen molar-refractivity contribution in [3.63, 3.8) is 0 Å².